The lowest BCUT2D eigenvalue weighted by Gasteiger charge is -2.06. The number of ether oxygens (including phenoxy) is 1. The first kappa shape index (κ1) is 18.6. The molecule has 4 aromatic rings. The molecule has 0 aliphatic carbocycles. The predicted octanol–water partition coefficient (Wildman–Crippen LogP) is 3.97. The normalized spacial score (nSPS) is 11.3. The smallest absolute Gasteiger partial charge is 0.248 e. The van der Waals surface area contributed by atoms with Crippen molar-refractivity contribution in [2.24, 2.45) is 7.05 Å². The first-order valence-corrected chi connectivity index (χ1v) is 9.09. The maximum absolute atomic E-state index is 13.2. The zero-order valence-corrected chi connectivity index (χ0v) is 16.6. The minimum Gasteiger partial charge on any atom is -0.362 e. The minimum atomic E-state index is -0.293. The van der Waals surface area contributed by atoms with Crippen molar-refractivity contribution in [3.8, 4) is 11.1 Å². The van der Waals surface area contributed by atoms with Crippen LogP contribution in [0, 0.1) is 0 Å². The van der Waals surface area contributed by atoms with E-state index in [2.05, 4.69) is 15.2 Å². The second kappa shape index (κ2) is 7.35. The molecule has 0 atom stereocenters. The zero-order chi connectivity index (χ0) is 19.8. The molecule has 0 spiro atoms. The topological polar surface area (TPSA) is 74.8 Å². The van der Waals surface area contributed by atoms with Gasteiger partial charge in [-0.2, -0.15) is 10.2 Å². The van der Waals surface area contributed by atoms with Gasteiger partial charge in [0, 0.05) is 40.7 Å². The Hall–Kier alpha value is -2.74. The van der Waals surface area contributed by atoms with Crippen LogP contribution in [0.2, 0.25) is 10.0 Å². The second-order valence-corrected chi connectivity index (χ2v) is 6.97. The largest absolute Gasteiger partial charge is 0.362 e. The molecule has 0 saturated heterocycles. The van der Waals surface area contributed by atoms with Crippen LogP contribution in [0.25, 0.3) is 22.0 Å². The highest BCUT2D eigenvalue weighted by atomic mass is 35.5. The molecule has 7 nitrogen and oxygen atoms in total. The Labute approximate surface area is 170 Å². The Morgan fingerprint density at radius 1 is 1.18 bits per heavy atom. The number of carbonyl (C=O) groups is 1. The minimum absolute atomic E-state index is 0.127. The predicted molar refractivity (Wildman–Crippen MR) is 107 cm³/mol. The fourth-order valence-corrected chi connectivity index (χ4v) is 3.68. The SMILES string of the molecule is COCn1ncnc1C(=O)c1c2cccc(-c3ccc(Cl)cc3Cl)c2nn1C. The van der Waals surface area contributed by atoms with Crippen molar-refractivity contribution in [2.75, 3.05) is 7.11 Å². The van der Waals surface area contributed by atoms with Crippen LogP contribution < -0.4 is 0 Å². The number of rotatable bonds is 5. The van der Waals surface area contributed by atoms with Crippen molar-refractivity contribution >= 4 is 39.9 Å². The van der Waals surface area contributed by atoms with E-state index in [9.17, 15) is 4.79 Å². The average molecular weight is 416 g/mol. The maximum Gasteiger partial charge on any atom is 0.248 e. The monoisotopic (exact) mass is 415 g/mol. The molecule has 0 unspecified atom stereocenters. The fourth-order valence-electron chi connectivity index (χ4n) is 3.17. The molecule has 28 heavy (non-hydrogen) atoms. The number of benzene rings is 2. The quantitative estimate of drug-likeness (QED) is 0.460. The van der Waals surface area contributed by atoms with E-state index in [1.807, 2.05) is 24.3 Å². The molecule has 4 rings (SSSR count). The van der Waals surface area contributed by atoms with Gasteiger partial charge in [0.15, 0.2) is 0 Å². The van der Waals surface area contributed by atoms with E-state index in [0.29, 0.717) is 26.6 Å². The second-order valence-electron chi connectivity index (χ2n) is 6.13. The van der Waals surface area contributed by atoms with Crippen LogP contribution in [-0.4, -0.2) is 37.4 Å². The van der Waals surface area contributed by atoms with Gasteiger partial charge in [0.1, 0.15) is 24.3 Å². The van der Waals surface area contributed by atoms with Crippen LogP contribution in [0.3, 0.4) is 0 Å². The maximum atomic E-state index is 13.2. The summed E-state index contributed by atoms with van der Waals surface area (Å²) in [6.07, 6.45) is 1.32. The Kier molecular flexibility index (Phi) is 4.89. The third kappa shape index (κ3) is 3.07. The van der Waals surface area contributed by atoms with Crippen LogP contribution in [-0.2, 0) is 18.5 Å². The van der Waals surface area contributed by atoms with E-state index in [1.54, 1.807) is 23.9 Å². The van der Waals surface area contributed by atoms with Crippen LogP contribution in [0.4, 0.5) is 0 Å². The van der Waals surface area contributed by atoms with Gasteiger partial charge in [-0.15, -0.1) is 0 Å². The summed E-state index contributed by atoms with van der Waals surface area (Å²) in [4.78, 5) is 17.3. The molecule has 0 N–H and O–H groups in total. The van der Waals surface area contributed by atoms with Crippen LogP contribution in [0.1, 0.15) is 16.3 Å². The summed E-state index contributed by atoms with van der Waals surface area (Å²) in [6, 6.07) is 10.9. The van der Waals surface area contributed by atoms with Crippen molar-refractivity contribution in [3.63, 3.8) is 0 Å². The van der Waals surface area contributed by atoms with E-state index < -0.39 is 0 Å². The number of nitrogens with zero attached hydrogens (tertiary/aromatic N) is 5. The highest BCUT2D eigenvalue weighted by Gasteiger charge is 2.24. The van der Waals surface area contributed by atoms with Gasteiger partial charge in [-0.05, 0) is 12.1 Å². The third-order valence-electron chi connectivity index (χ3n) is 4.37. The summed E-state index contributed by atoms with van der Waals surface area (Å²) < 4.78 is 8.02. The highest BCUT2D eigenvalue weighted by molar-refractivity contribution is 6.36. The summed E-state index contributed by atoms with van der Waals surface area (Å²) in [5, 5.41) is 10.4. The lowest BCUT2D eigenvalue weighted by molar-refractivity contribution is 0.0953. The summed E-state index contributed by atoms with van der Waals surface area (Å²) in [7, 11) is 3.25. The van der Waals surface area contributed by atoms with Gasteiger partial charge in [0.2, 0.25) is 11.6 Å². The van der Waals surface area contributed by atoms with E-state index in [4.69, 9.17) is 27.9 Å². The van der Waals surface area contributed by atoms with E-state index in [-0.39, 0.29) is 18.3 Å². The van der Waals surface area contributed by atoms with Crippen LogP contribution in [0.5, 0.6) is 0 Å². The number of halogens is 2. The summed E-state index contributed by atoms with van der Waals surface area (Å²) in [6.45, 7) is 0.127. The number of hydrogen-bond donors (Lipinski definition) is 0. The number of fused-ring (bicyclic) bond motifs is 1. The molecule has 0 aliphatic heterocycles. The van der Waals surface area contributed by atoms with Gasteiger partial charge in [0.25, 0.3) is 0 Å². The number of aryl methyl sites for hydroxylation is 1. The number of aromatic nitrogens is 5. The summed E-state index contributed by atoms with van der Waals surface area (Å²) in [5.74, 6) is -0.111. The average Bonchev–Trinajstić information content (AvgIpc) is 3.25. The lowest BCUT2D eigenvalue weighted by Crippen LogP contribution is -2.16. The van der Waals surface area contributed by atoms with Crippen molar-refractivity contribution in [1.29, 1.82) is 0 Å². The molecule has 2 heterocycles. The highest BCUT2D eigenvalue weighted by Crippen LogP contribution is 2.35. The van der Waals surface area contributed by atoms with E-state index in [0.717, 1.165) is 11.1 Å². The van der Waals surface area contributed by atoms with Gasteiger partial charge in [0.05, 0.1) is 0 Å². The molecule has 0 saturated carbocycles. The Bertz CT molecular complexity index is 1200. The molecule has 2 aromatic heterocycles. The molecule has 0 radical (unpaired) electrons. The standard InChI is InChI=1S/C19H15Cl2N5O2/c1-25-17(18(27)19-22-9-23-26(19)10-28-2)14-5-3-4-13(16(14)24-25)12-7-6-11(20)8-15(12)21/h3-9H,10H2,1-2H3. The van der Waals surface area contributed by atoms with Crippen LogP contribution in [0.15, 0.2) is 42.7 Å². The summed E-state index contributed by atoms with van der Waals surface area (Å²) >= 11 is 12.4. The van der Waals surface area contributed by atoms with Gasteiger partial charge >= 0.3 is 0 Å². The van der Waals surface area contributed by atoms with Gasteiger partial charge in [-0.3, -0.25) is 9.48 Å². The fraction of sp³-hybridized carbons (Fsp3) is 0.158. The first-order valence-electron chi connectivity index (χ1n) is 8.34. The van der Waals surface area contributed by atoms with Crippen molar-refractivity contribution in [3.05, 3.63) is 64.3 Å². The van der Waals surface area contributed by atoms with E-state index >= 15 is 0 Å². The molecule has 0 fully saturated rings. The van der Waals surface area contributed by atoms with E-state index in [1.165, 1.54) is 18.1 Å². The van der Waals surface area contributed by atoms with Crippen molar-refractivity contribution in [2.45, 2.75) is 6.73 Å². The molecule has 0 aliphatic rings. The molecule has 9 heteroatoms. The van der Waals surface area contributed by atoms with Crippen LogP contribution >= 0.6 is 23.2 Å². The lowest BCUT2D eigenvalue weighted by atomic mass is 10.0. The molecular weight excluding hydrogens is 401 g/mol. The number of hydrogen-bond acceptors (Lipinski definition) is 5. The van der Waals surface area contributed by atoms with Gasteiger partial charge in [-0.25, -0.2) is 9.67 Å². The van der Waals surface area contributed by atoms with Crippen molar-refractivity contribution in [1.82, 2.24) is 24.5 Å². The first-order chi connectivity index (χ1) is 13.5. The molecule has 0 bridgehead atoms. The number of methoxy groups -OCH3 is 1. The number of carbonyl (C=O) groups excluding carboxylic acids is 1. The molecule has 2 aromatic carbocycles. The molecule has 0 amide bonds. The Morgan fingerprint density at radius 3 is 2.75 bits per heavy atom. The third-order valence-corrected chi connectivity index (χ3v) is 4.92. The zero-order valence-electron chi connectivity index (χ0n) is 15.1. The van der Waals surface area contributed by atoms with Crippen molar-refractivity contribution < 1.29 is 9.53 Å². The number of ketones is 1. The van der Waals surface area contributed by atoms with Gasteiger partial charge in [-0.1, -0.05) is 47.5 Å². The van der Waals surface area contributed by atoms with Gasteiger partial charge < -0.3 is 4.74 Å². The summed E-state index contributed by atoms with van der Waals surface area (Å²) in [5.41, 5.74) is 2.67. The Morgan fingerprint density at radius 2 is 2.00 bits per heavy atom. The Balaban J connectivity index is 1.89. The molecular formula is C19H15Cl2N5O2. The molecule has 142 valence electrons.